The van der Waals surface area contributed by atoms with E-state index in [1.165, 1.54) is 19.2 Å². The number of Topliss-reactive ketones (excluding diaryl/α,β-unsaturated/α-hetero) is 1. The monoisotopic (exact) mass is 369 g/mol. The minimum atomic E-state index is -3.92. The molecule has 1 N–H and O–H groups in total. The number of allylic oxidation sites excluding steroid dienone is 1. The number of likely N-dealkylation sites (N-methyl/N-ethyl adjacent to an activating group) is 1. The Kier molecular flexibility index (Phi) is 3.42. The van der Waals surface area contributed by atoms with Gasteiger partial charge >= 0.3 is 0 Å². The molecule has 0 unspecified atom stereocenters. The summed E-state index contributed by atoms with van der Waals surface area (Å²) in [4.78, 5) is 17.2. The first kappa shape index (κ1) is 16.3. The molecule has 0 saturated heterocycles. The molecular formula is C18H15N3O4S. The van der Waals surface area contributed by atoms with Crippen LogP contribution in [-0.4, -0.2) is 40.2 Å². The third kappa shape index (κ3) is 2.15. The van der Waals surface area contributed by atoms with Crippen molar-refractivity contribution in [2.45, 2.75) is 4.90 Å². The molecule has 2 heterocycles. The normalized spacial score (nSPS) is 16.0. The Labute approximate surface area is 149 Å². The standard InChI is InChI=1S/C18H15N3O4S/c1-20-10-19-13-9-11(7-8-14(13)20)17(22)16-18(23)12-5-3-4-6-15(12)26(24,25)21(16)2/h3-10,23H,1-2H3. The summed E-state index contributed by atoms with van der Waals surface area (Å²) in [6, 6.07) is 11.0. The molecular weight excluding hydrogens is 354 g/mol. The number of fused-ring (bicyclic) bond motifs is 2. The average molecular weight is 369 g/mol. The zero-order chi connectivity index (χ0) is 18.6. The number of imidazole rings is 1. The van der Waals surface area contributed by atoms with E-state index in [2.05, 4.69) is 4.98 Å². The molecule has 1 aromatic heterocycles. The maximum absolute atomic E-state index is 13.0. The van der Waals surface area contributed by atoms with E-state index in [0.29, 0.717) is 5.52 Å². The first-order valence-electron chi connectivity index (χ1n) is 7.79. The van der Waals surface area contributed by atoms with Gasteiger partial charge in [0.2, 0.25) is 5.78 Å². The number of carbonyl (C=O) groups excluding carboxylic acids is 1. The van der Waals surface area contributed by atoms with E-state index in [-0.39, 0.29) is 27.5 Å². The van der Waals surface area contributed by atoms with E-state index in [9.17, 15) is 18.3 Å². The summed E-state index contributed by atoms with van der Waals surface area (Å²) in [5, 5.41) is 10.6. The summed E-state index contributed by atoms with van der Waals surface area (Å²) in [5.74, 6) is -0.945. The quantitative estimate of drug-likeness (QED) is 0.700. The van der Waals surface area contributed by atoms with Crippen molar-refractivity contribution in [3.63, 3.8) is 0 Å². The van der Waals surface area contributed by atoms with Gasteiger partial charge in [-0.15, -0.1) is 0 Å². The Balaban J connectivity index is 1.91. The minimum Gasteiger partial charge on any atom is -0.505 e. The van der Waals surface area contributed by atoms with Crippen LogP contribution >= 0.6 is 0 Å². The molecule has 3 aromatic rings. The van der Waals surface area contributed by atoms with Crippen molar-refractivity contribution in [1.82, 2.24) is 13.9 Å². The fraction of sp³-hybridized carbons (Fsp3) is 0.111. The number of aliphatic hydroxyl groups excluding tert-OH is 1. The SMILES string of the molecule is CN1C(C(=O)c2ccc3c(c2)ncn3C)=C(O)c2ccccc2S1(=O)=O. The van der Waals surface area contributed by atoms with Gasteiger partial charge in [0.15, 0.2) is 5.76 Å². The second-order valence-corrected chi connectivity index (χ2v) is 7.99. The van der Waals surface area contributed by atoms with Gasteiger partial charge in [0.1, 0.15) is 5.70 Å². The van der Waals surface area contributed by atoms with Crippen molar-refractivity contribution in [2.24, 2.45) is 7.05 Å². The van der Waals surface area contributed by atoms with Gasteiger partial charge in [-0.3, -0.25) is 9.10 Å². The molecule has 0 atom stereocenters. The molecule has 0 radical (unpaired) electrons. The molecule has 132 valence electrons. The number of hydrogen-bond acceptors (Lipinski definition) is 5. The van der Waals surface area contributed by atoms with Crippen LogP contribution in [0.15, 0.2) is 59.4 Å². The van der Waals surface area contributed by atoms with Crippen LogP contribution in [0.1, 0.15) is 15.9 Å². The lowest BCUT2D eigenvalue weighted by molar-refractivity contribution is 0.101. The third-order valence-electron chi connectivity index (χ3n) is 4.52. The number of hydrogen-bond donors (Lipinski definition) is 1. The van der Waals surface area contributed by atoms with Gasteiger partial charge in [-0.25, -0.2) is 13.4 Å². The van der Waals surface area contributed by atoms with Gasteiger partial charge in [-0.05, 0) is 30.3 Å². The van der Waals surface area contributed by atoms with Gasteiger partial charge in [-0.1, -0.05) is 12.1 Å². The van der Waals surface area contributed by atoms with E-state index < -0.39 is 15.8 Å². The van der Waals surface area contributed by atoms with Crippen molar-refractivity contribution in [1.29, 1.82) is 0 Å². The van der Waals surface area contributed by atoms with E-state index in [0.717, 1.165) is 9.82 Å². The molecule has 0 saturated carbocycles. The van der Waals surface area contributed by atoms with Gasteiger partial charge in [0.05, 0.1) is 22.3 Å². The molecule has 0 fully saturated rings. The van der Waals surface area contributed by atoms with Crippen LogP contribution in [0.2, 0.25) is 0 Å². The number of aryl methyl sites for hydroxylation is 1. The van der Waals surface area contributed by atoms with Crippen LogP contribution in [0.25, 0.3) is 16.8 Å². The highest BCUT2D eigenvalue weighted by atomic mass is 32.2. The van der Waals surface area contributed by atoms with Crippen molar-refractivity contribution in [3.8, 4) is 0 Å². The number of ketones is 1. The summed E-state index contributed by atoms with van der Waals surface area (Å²) < 4.78 is 28.1. The zero-order valence-corrected chi connectivity index (χ0v) is 14.9. The van der Waals surface area contributed by atoms with Gasteiger partial charge in [0.25, 0.3) is 10.0 Å². The maximum atomic E-state index is 13.0. The predicted octanol–water partition coefficient (Wildman–Crippen LogP) is 2.32. The molecule has 0 bridgehead atoms. The van der Waals surface area contributed by atoms with Gasteiger partial charge < -0.3 is 9.67 Å². The Hall–Kier alpha value is -3.13. The van der Waals surface area contributed by atoms with Crippen molar-refractivity contribution < 1.29 is 18.3 Å². The molecule has 26 heavy (non-hydrogen) atoms. The van der Waals surface area contributed by atoms with E-state index in [1.807, 2.05) is 11.6 Å². The van der Waals surface area contributed by atoms with Gasteiger partial charge in [0, 0.05) is 25.2 Å². The average Bonchev–Trinajstić information content (AvgIpc) is 3.01. The summed E-state index contributed by atoms with van der Waals surface area (Å²) in [5.41, 5.74) is 1.54. The Morgan fingerprint density at radius 2 is 1.85 bits per heavy atom. The summed E-state index contributed by atoms with van der Waals surface area (Å²) in [6.07, 6.45) is 1.63. The highest BCUT2D eigenvalue weighted by molar-refractivity contribution is 7.89. The smallest absolute Gasteiger partial charge is 0.265 e. The van der Waals surface area contributed by atoms with Crippen LogP contribution in [0.4, 0.5) is 0 Å². The van der Waals surface area contributed by atoms with Crippen LogP contribution in [-0.2, 0) is 17.1 Å². The highest BCUT2D eigenvalue weighted by Gasteiger charge is 2.37. The van der Waals surface area contributed by atoms with Crippen LogP contribution in [0, 0.1) is 0 Å². The van der Waals surface area contributed by atoms with Crippen LogP contribution < -0.4 is 0 Å². The summed E-state index contributed by atoms with van der Waals surface area (Å²) >= 11 is 0. The number of rotatable bonds is 2. The summed E-state index contributed by atoms with van der Waals surface area (Å²) in [6.45, 7) is 0. The fourth-order valence-electron chi connectivity index (χ4n) is 3.10. The second-order valence-electron chi connectivity index (χ2n) is 6.05. The molecule has 0 aliphatic carbocycles. The van der Waals surface area contributed by atoms with Crippen LogP contribution in [0.3, 0.4) is 0 Å². The number of carbonyl (C=O) groups is 1. The second kappa shape index (κ2) is 5.43. The number of sulfonamides is 1. The summed E-state index contributed by atoms with van der Waals surface area (Å²) in [7, 11) is -0.824. The Morgan fingerprint density at radius 3 is 2.62 bits per heavy atom. The minimum absolute atomic E-state index is 0.0308. The molecule has 8 heteroatoms. The topological polar surface area (TPSA) is 92.5 Å². The molecule has 7 nitrogen and oxygen atoms in total. The largest absolute Gasteiger partial charge is 0.505 e. The molecule has 2 aromatic carbocycles. The lowest BCUT2D eigenvalue weighted by Crippen LogP contribution is -2.35. The van der Waals surface area contributed by atoms with Crippen molar-refractivity contribution in [3.05, 3.63) is 65.6 Å². The number of aliphatic hydroxyl groups is 1. The molecule has 1 aliphatic rings. The third-order valence-corrected chi connectivity index (χ3v) is 6.34. The Morgan fingerprint density at radius 1 is 1.12 bits per heavy atom. The lowest BCUT2D eigenvalue weighted by atomic mass is 10.0. The lowest BCUT2D eigenvalue weighted by Gasteiger charge is -2.28. The van der Waals surface area contributed by atoms with Crippen molar-refractivity contribution >= 4 is 32.6 Å². The zero-order valence-electron chi connectivity index (χ0n) is 14.0. The molecule has 4 rings (SSSR count). The van der Waals surface area contributed by atoms with E-state index >= 15 is 0 Å². The van der Waals surface area contributed by atoms with Crippen molar-refractivity contribution in [2.75, 3.05) is 7.05 Å². The number of benzene rings is 2. The van der Waals surface area contributed by atoms with Crippen LogP contribution in [0.5, 0.6) is 0 Å². The number of nitrogens with zero attached hydrogens (tertiary/aromatic N) is 3. The fourth-order valence-corrected chi connectivity index (χ4v) is 4.49. The van der Waals surface area contributed by atoms with E-state index in [4.69, 9.17) is 0 Å². The number of aromatic nitrogens is 2. The Bertz CT molecular complexity index is 1210. The molecule has 1 aliphatic heterocycles. The first-order valence-corrected chi connectivity index (χ1v) is 9.23. The maximum Gasteiger partial charge on any atom is 0.265 e. The van der Waals surface area contributed by atoms with Gasteiger partial charge in [-0.2, -0.15) is 0 Å². The molecule has 0 spiro atoms. The predicted molar refractivity (Wildman–Crippen MR) is 96.0 cm³/mol. The first-order chi connectivity index (χ1) is 12.3. The van der Waals surface area contributed by atoms with E-state index in [1.54, 1.807) is 36.7 Å². The molecule has 0 amide bonds. The highest BCUT2D eigenvalue weighted by Crippen LogP contribution is 2.35.